The summed E-state index contributed by atoms with van der Waals surface area (Å²) in [5.74, 6) is 0. The second-order valence-electron chi connectivity index (χ2n) is 1.87. The summed E-state index contributed by atoms with van der Waals surface area (Å²) >= 11 is 0. The number of aliphatic hydroxyl groups excluding tert-OH is 1. The molecule has 50 valence electrons. The summed E-state index contributed by atoms with van der Waals surface area (Å²) in [6.07, 6.45) is 1.95. The molecule has 0 heterocycles. The van der Waals surface area contributed by atoms with Gasteiger partial charge in [0.25, 0.3) is 0 Å². The summed E-state index contributed by atoms with van der Waals surface area (Å²) in [5, 5.41) is 8.96. The largest absolute Gasteiger partial charge is 0.388 e. The lowest BCUT2D eigenvalue weighted by Gasteiger charge is -2.02. The number of rotatable bonds is 3. The Hall–Kier alpha value is -0.780. The maximum Gasteiger partial charge on any atom is 0.0798 e. The molecule has 0 amide bonds. The van der Waals surface area contributed by atoms with Crippen LogP contribution >= 0.6 is 0 Å². The Morgan fingerprint density at radius 1 is 1.89 bits per heavy atom. The standard InChI is InChI=1S/C8H12O/c1-4-6-8(5-2)7(3)9/h4,7,9H,1-2,6H2,3H3. The summed E-state index contributed by atoms with van der Waals surface area (Å²) in [5.41, 5.74) is 3.44. The average Bonchev–Trinajstić information content (AvgIpc) is 1.82. The van der Waals surface area contributed by atoms with Crippen molar-refractivity contribution >= 4 is 0 Å². The van der Waals surface area contributed by atoms with Crippen molar-refractivity contribution in [2.75, 3.05) is 0 Å². The van der Waals surface area contributed by atoms with Gasteiger partial charge in [-0.25, -0.2) is 0 Å². The van der Waals surface area contributed by atoms with E-state index in [4.69, 9.17) is 5.11 Å². The molecule has 9 heavy (non-hydrogen) atoms. The number of aliphatic hydroxyl groups is 1. The lowest BCUT2D eigenvalue weighted by molar-refractivity contribution is 0.229. The molecule has 0 aromatic rings. The molecule has 0 saturated carbocycles. The van der Waals surface area contributed by atoms with Crippen molar-refractivity contribution in [2.24, 2.45) is 0 Å². The fourth-order valence-electron chi connectivity index (χ4n) is 0.546. The lowest BCUT2D eigenvalue weighted by atomic mass is 10.1. The van der Waals surface area contributed by atoms with Crippen molar-refractivity contribution in [3.05, 3.63) is 30.5 Å². The maximum absolute atomic E-state index is 8.96. The average molecular weight is 124 g/mol. The molecule has 0 bridgehead atoms. The Morgan fingerprint density at radius 2 is 2.44 bits per heavy atom. The lowest BCUT2D eigenvalue weighted by Crippen LogP contribution is -2.01. The van der Waals surface area contributed by atoms with Crippen LogP contribution in [-0.4, -0.2) is 11.2 Å². The molecule has 0 radical (unpaired) electrons. The van der Waals surface area contributed by atoms with Gasteiger partial charge in [0.2, 0.25) is 0 Å². The van der Waals surface area contributed by atoms with Crippen LogP contribution in [0.1, 0.15) is 13.3 Å². The van der Waals surface area contributed by atoms with Gasteiger partial charge >= 0.3 is 0 Å². The van der Waals surface area contributed by atoms with Gasteiger partial charge in [-0.1, -0.05) is 12.7 Å². The molecular formula is C8H12O. The van der Waals surface area contributed by atoms with E-state index in [0.29, 0.717) is 6.42 Å². The van der Waals surface area contributed by atoms with E-state index in [0.717, 1.165) is 5.57 Å². The normalized spacial score (nSPS) is 11.8. The highest BCUT2D eigenvalue weighted by atomic mass is 16.3. The molecule has 1 unspecified atom stereocenters. The topological polar surface area (TPSA) is 20.2 Å². The van der Waals surface area contributed by atoms with Crippen LogP contribution in [0.2, 0.25) is 0 Å². The Kier molecular flexibility index (Phi) is 3.78. The highest BCUT2D eigenvalue weighted by molar-refractivity contribution is 5.07. The number of hydrogen-bond donors (Lipinski definition) is 1. The minimum absolute atomic E-state index is 0.444. The van der Waals surface area contributed by atoms with Gasteiger partial charge in [-0.05, 0) is 13.3 Å². The van der Waals surface area contributed by atoms with Crippen LogP contribution in [0.3, 0.4) is 0 Å². The Labute approximate surface area is 56.0 Å². The van der Waals surface area contributed by atoms with Crippen LogP contribution in [0.4, 0.5) is 0 Å². The van der Waals surface area contributed by atoms with Crippen molar-refractivity contribution in [3.8, 4) is 0 Å². The first-order chi connectivity index (χ1) is 4.22. The maximum atomic E-state index is 8.96. The zero-order valence-electron chi connectivity index (χ0n) is 5.72. The second-order valence-corrected chi connectivity index (χ2v) is 1.87. The quantitative estimate of drug-likeness (QED) is 0.448. The summed E-state index contributed by atoms with van der Waals surface area (Å²) in [6.45, 7) is 8.65. The van der Waals surface area contributed by atoms with Gasteiger partial charge in [0.15, 0.2) is 0 Å². The van der Waals surface area contributed by atoms with Gasteiger partial charge in [-0.2, -0.15) is 0 Å². The predicted molar refractivity (Wildman–Crippen MR) is 39.1 cm³/mol. The minimum atomic E-state index is -0.444. The Balaban J connectivity index is 4.01. The minimum Gasteiger partial charge on any atom is -0.388 e. The molecule has 0 fully saturated rings. The monoisotopic (exact) mass is 124 g/mol. The molecule has 0 rings (SSSR count). The van der Waals surface area contributed by atoms with Gasteiger partial charge in [0.05, 0.1) is 6.10 Å². The molecule has 0 saturated heterocycles. The van der Waals surface area contributed by atoms with Crippen LogP contribution in [0, 0.1) is 0 Å². The first kappa shape index (κ1) is 8.22. The van der Waals surface area contributed by atoms with Crippen molar-refractivity contribution in [1.82, 2.24) is 0 Å². The molecule has 0 aromatic heterocycles. The fourth-order valence-corrected chi connectivity index (χ4v) is 0.546. The second kappa shape index (κ2) is 4.13. The predicted octanol–water partition coefficient (Wildman–Crippen LogP) is 1.65. The van der Waals surface area contributed by atoms with E-state index in [-0.39, 0.29) is 0 Å². The van der Waals surface area contributed by atoms with Gasteiger partial charge in [0, 0.05) is 5.57 Å². The third-order valence-electron chi connectivity index (χ3n) is 1.10. The molecular weight excluding hydrogens is 112 g/mol. The van der Waals surface area contributed by atoms with E-state index < -0.39 is 6.10 Å². The Bertz CT molecular complexity index is 139. The van der Waals surface area contributed by atoms with Crippen LogP contribution in [0.5, 0.6) is 0 Å². The SMILES string of the molecule is C=C=C(CC=C)C(C)O. The summed E-state index contributed by atoms with van der Waals surface area (Å²) in [6, 6.07) is 0. The summed E-state index contributed by atoms with van der Waals surface area (Å²) < 4.78 is 0. The summed E-state index contributed by atoms with van der Waals surface area (Å²) in [7, 11) is 0. The molecule has 0 aliphatic rings. The van der Waals surface area contributed by atoms with E-state index in [1.54, 1.807) is 13.0 Å². The molecule has 1 heteroatoms. The first-order valence-corrected chi connectivity index (χ1v) is 2.90. The third-order valence-corrected chi connectivity index (χ3v) is 1.10. The molecule has 1 atom stereocenters. The molecule has 0 aliphatic heterocycles. The van der Waals surface area contributed by atoms with Gasteiger partial charge in [0.1, 0.15) is 0 Å². The molecule has 0 aromatic carbocycles. The van der Waals surface area contributed by atoms with Crippen molar-refractivity contribution < 1.29 is 5.11 Å². The molecule has 0 aliphatic carbocycles. The zero-order valence-corrected chi connectivity index (χ0v) is 5.72. The van der Waals surface area contributed by atoms with Crippen LogP contribution in [-0.2, 0) is 0 Å². The number of allylic oxidation sites excluding steroid dienone is 1. The fraction of sp³-hybridized carbons (Fsp3) is 0.375. The molecule has 1 nitrogen and oxygen atoms in total. The van der Waals surface area contributed by atoms with Gasteiger partial charge < -0.3 is 5.11 Å². The van der Waals surface area contributed by atoms with Crippen LogP contribution in [0.25, 0.3) is 0 Å². The van der Waals surface area contributed by atoms with Crippen LogP contribution < -0.4 is 0 Å². The van der Waals surface area contributed by atoms with E-state index >= 15 is 0 Å². The molecule has 0 spiro atoms. The summed E-state index contributed by atoms with van der Waals surface area (Å²) in [4.78, 5) is 0. The van der Waals surface area contributed by atoms with Crippen molar-refractivity contribution in [2.45, 2.75) is 19.4 Å². The van der Waals surface area contributed by atoms with Crippen molar-refractivity contribution in [1.29, 1.82) is 0 Å². The van der Waals surface area contributed by atoms with Crippen LogP contribution in [0.15, 0.2) is 30.5 Å². The Morgan fingerprint density at radius 3 is 2.56 bits per heavy atom. The van der Waals surface area contributed by atoms with E-state index in [1.165, 1.54) is 0 Å². The first-order valence-electron chi connectivity index (χ1n) is 2.90. The van der Waals surface area contributed by atoms with E-state index in [2.05, 4.69) is 18.9 Å². The van der Waals surface area contributed by atoms with Gasteiger partial charge in [-0.15, -0.1) is 12.3 Å². The highest BCUT2D eigenvalue weighted by Crippen LogP contribution is 2.04. The third kappa shape index (κ3) is 2.91. The van der Waals surface area contributed by atoms with E-state index in [1.807, 2.05) is 0 Å². The van der Waals surface area contributed by atoms with Crippen molar-refractivity contribution in [3.63, 3.8) is 0 Å². The van der Waals surface area contributed by atoms with Gasteiger partial charge in [-0.3, -0.25) is 0 Å². The van der Waals surface area contributed by atoms with E-state index in [9.17, 15) is 0 Å². The molecule has 1 N–H and O–H groups in total. The number of hydrogen-bond acceptors (Lipinski definition) is 1. The smallest absolute Gasteiger partial charge is 0.0798 e. The highest BCUT2D eigenvalue weighted by Gasteiger charge is 1.99. The zero-order chi connectivity index (χ0) is 7.28.